The summed E-state index contributed by atoms with van der Waals surface area (Å²) in [6, 6.07) is 7.71. The highest BCUT2D eigenvalue weighted by molar-refractivity contribution is 5.79. The second-order valence-corrected chi connectivity index (χ2v) is 5.80. The topological polar surface area (TPSA) is 63.5 Å². The third kappa shape index (κ3) is 3.86. The van der Waals surface area contributed by atoms with E-state index in [4.69, 9.17) is 4.74 Å². The van der Waals surface area contributed by atoms with Crippen molar-refractivity contribution in [2.24, 2.45) is 0 Å². The van der Waals surface area contributed by atoms with Crippen LogP contribution in [0.25, 0.3) is 11.0 Å². The first-order valence-electron chi connectivity index (χ1n) is 8.05. The number of carbonyl (C=O) groups is 1. The standard InChI is InChI=1S/C16H23N5O2/c1-23-12-11-19-7-4-8-20(10-9-19)16(22)13-21-15-6-3-2-5-14(15)17-18-21/h2-3,5-6H,4,7-13H2,1H3. The van der Waals surface area contributed by atoms with Crippen molar-refractivity contribution in [2.45, 2.75) is 13.0 Å². The van der Waals surface area contributed by atoms with E-state index in [9.17, 15) is 4.79 Å². The van der Waals surface area contributed by atoms with E-state index in [0.717, 1.165) is 56.8 Å². The number of fused-ring (bicyclic) bond motifs is 1. The Labute approximate surface area is 135 Å². The fourth-order valence-electron chi connectivity index (χ4n) is 2.93. The Morgan fingerprint density at radius 1 is 1.22 bits per heavy atom. The fraction of sp³-hybridized carbons (Fsp3) is 0.562. The summed E-state index contributed by atoms with van der Waals surface area (Å²) in [5.74, 6) is 0.106. The monoisotopic (exact) mass is 317 g/mol. The quantitative estimate of drug-likeness (QED) is 0.808. The van der Waals surface area contributed by atoms with Crippen LogP contribution in [0, 0.1) is 0 Å². The Morgan fingerprint density at radius 3 is 2.96 bits per heavy atom. The summed E-state index contributed by atoms with van der Waals surface area (Å²) in [5.41, 5.74) is 1.72. The largest absolute Gasteiger partial charge is 0.383 e. The summed E-state index contributed by atoms with van der Waals surface area (Å²) in [7, 11) is 1.72. The van der Waals surface area contributed by atoms with Crippen LogP contribution in [0.4, 0.5) is 0 Å². The Hall–Kier alpha value is -1.99. The molecule has 1 aromatic carbocycles. The SMILES string of the molecule is COCCN1CCCN(C(=O)Cn2nnc3ccccc32)CC1. The Morgan fingerprint density at radius 2 is 2.09 bits per heavy atom. The Bertz CT molecular complexity index is 657. The molecular formula is C16H23N5O2. The molecule has 7 heteroatoms. The second kappa shape index (κ2) is 7.52. The van der Waals surface area contributed by atoms with Gasteiger partial charge in [-0.1, -0.05) is 17.3 Å². The van der Waals surface area contributed by atoms with Gasteiger partial charge in [-0.05, 0) is 25.1 Å². The lowest BCUT2D eigenvalue weighted by Crippen LogP contribution is -2.37. The van der Waals surface area contributed by atoms with E-state index in [1.165, 1.54) is 0 Å². The molecule has 0 spiro atoms. The number of methoxy groups -OCH3 is 1. The lowest BCUT2D eigenvalue weighted by atomic mass is 10.3. The van der Waals surface area contributed by atoms with Crippen LogP contribution in [0.3, 0.4) is 0 Å². The average Bonchev–Trinajstić information content (AvgIpc) is 2.82. The van der Waals surface area contributed by atoms with Gasteiger partial charge in [-0.15, -0.1) is 5.10 Å². The number of benzene rings is 1. The van der Waals surface area contributed by atoms with Gasteiger partial charge in [-0.25, -0.2) is 4.68 Å². The van der Waals surface area contributed by atoms with Gasteiger partial charge in [0.05, 0.1) is 12.1 Å². The van der Waals surface area contributed by atoms with Gasteiger partial charge in [0.1, 0.15) is 12.1 Å². The molecule has 0 aliphatic carbocycles. The summed E-state index contributed by atoms with van der Waals surface area (Å²) < 4.78 is 6.82. The van der Waals surface area contributed by atoms with E-state index in [-0.39, 0.29) is 12.5 Å². The van der Waals surface area contributed by atoms with E-state index >= 15 is 0 Å². The normalized spacial score (nSPS) is 16.7. The number of para-hydroxylation sites is 1. The van der Waals surface area contributed by atoms with Gasteiger partial charge in [0.15, 0.2) is 0 Å². The molecule has 1 aliphatic heterocycles. The van der Waals surface area contributed by atoms with Crippen molar-refractivity contribution in [3.63, 3.8) is 0 Å². The molecule has 1 aliphatic rings. The van der Waals surface area contributed by atoms with Crippen LogP contribution in [0.2, 0.25) is 0 Å². The van der Waals surface area contributed by atoms with Crippen LogP contribution in [-0.2, 0) is 16.1 Å². The van der Waals surface area contributed by atoms with E-state index in [1.807, 2.05) is 29.2 Å². The van der Waals surface area contributed by atoms with Crippen molar-refractivity contribution >= 4 is 16.9 Å². The van der Waals surface area contributed by atoms with Crippen molar-refractivity contribution in [2.75, 3.05) is 46.4 Å². The zero-order valence-electron chi connectivity index (χ0n) is 13.5. The average molecular weight is 317 g/mol. The third-order valence-electron chi connectivity index (χ3n) is 4.26. The van der Waals surface area contributed by atoms with Crippen molar-refractivity contribution in [1.82, 2.24) is 24.8 Å². The molecule has 1 fully saturated rings. The molecule has 0 atom stereocenters. The molecule has 2 aromatic rings. The number of rotatable bonds is 5. The summed E-state index contributed by atoms with van der Waals surface area (Å²) in [5, 5.41) is 8.20. The maximum atomic E-state index is 12.6. The molecule has 23 heavy (non-hydrogen) atoms. The zero-order valence-corrected chi connectivity index (χ0v) is 13.5. The highest BCUT2D eigenvalue weighted by atomic mass is 16.5. The van der Waals surface area contributed by atoms with Gasteiger partial charge >= 0.3 is 0 Å². The van der Waals surface area contributed by atoms with Crippen molar-refractivity contribution < 1.29 is 9.53 Å². The highest BCUT2D eigenvalue weighted by Crippen LogP contribution is 2.11. The van der Waals surface area contributed by atoms with Gasteiger partial charge in [0.25, 0.3) is 0 Å². The van der Waals surface area contributed by atoms with Crippen molar-refractivity contribution in [3.05, 3.63) is 24.3 Å². The van der Waals surface area contributed by atoms with Crippen LogP contribution < -0.4 is 0 Å². The molecule has 1 amide bonds. The number of aromatic nitrogens is 3. The van der Waals surface area contributed by atoms with Gasteiger partial charge in [-0.3, -0.25) is 9.69 Å². The smallest absolute Gasteiger partial charge is 0.244 e. The van der Waals surface area contributed by atoms with Crippen LogP contribution in [0.15, 0.2) is 24.3 Å². The first kappa shape index (κ1) is 15.9. The molecule has 124 valence electrons. The summed E-state index contributed by atoms with van der Waals surface area (Å²) in [6.07, 6.45) is 0.994. The predicted octanol–water partition coefficient (Wildman–Crippen LogP) is 0.612. The first-order valence-corrected chi connectivity index (χ1v) is 8.05. The van der Waals surface area contributed by atoms with Crippen molar-refractivity contribution in [3.8, 4) is 0 Å². The number of carbonyl (C=O) groups excluding carboxylic acids is 1. The molecule has 3 rings (SSSR count). The molecular weight excluding hydrogens is 294 g/mol. The van der Waals surface area contributed by atoms with Crippen molar-refractivity contribution in [1.29, 1.82) is 0 Å². The molecule has 0 saturated carbocycles. The highest BCUT2D eigenvalue weighted by Gasteiger charge is 2.20. The second-order valence-electron chi connectivity index (χ2n) is 5.80. The number of hydrogen-bond acceptors (Lipinski definition) is 5. The van der Waals surface area contributed by atoms with Gasteiger partial charge < -0.3 is 9.64 Å². The number of hydrogen-bond donors (Lipinski definition) is 0. The minimum Gasteiger partial charge on any atom is -0.383 e. The van der Waals surface area contributed by atoms with Gasteiger partial charge in [-0.2, -0.15) is 0 Å². The Balaban J connectivity index is 1.60. The first-order chi connectivity index (χ1) is 11.3. The third-order valence-corrected chi connectivity index (χ3v) is 4.26. The molecule has 7 nitrogen and oxygen atoms in total. The molecule has 1 saturated heterocycles. The lowest BCUT2D eigenvalue weighted by molar-refractivity contribution is -0.131. The van der Waals surface area contributed by atoms with Crippen LogP contribution in [-0.4, -0.2) is 77.1 Å². The maximum absolute atomic E-state index is 12.6. The van der Waals surface area contributed by atoms with Gasteiger partial charge in [0, 0.05) is 33.3 Å². The molecule has 1 aromatic heterocycles. The maximum Gasteiger partial charge on any atom is 0.244 e. The molecule has 0 N–H and O–H groups in total. The van der Waals surface area contributed by atoms with Gasteiger partial charge in [0.2, 0.25) is 5.91 Å². The molecule has 0 unspecified atom stereocenters. The minimum atomic E-state index is 0.106. The fourth-order valence-corrected chi connectivity index (χ4v) is 2.93. The van der Waals surface area contributed by atoms with Crippen LogP contribution in [0.1, 0.15) is 6.42 Å². The van der Waals surface area contributed by atoms with Crippen LogP contribution in [0.5, 0.6) is 0 Å². The summed E-state index contributed by atoms with van der Waals surface area (Å²) in [6.45, 7) is 5.38. The van der Waals surface area contributed by atoms with E-state index < -0.39 is 0 Å². The predicted molar refractivity (Wildman–Crippen MR) is 87.0 cm³/mol. The number of ether oxygens (including phenoxy) is 1. The zero-order chi connectivity index (χ0) is 16.1. The molecule has 0 radical (unpaired) electrons. The Kier molecular flexibility index (Phi) is 5.19. The van der Waals surface area contributed by atoms with E-state index in [0.29, 0.717) is 0 Å². The number of nitrogens with zero attached hydrogens (tertiary/aromatic N) is 5. The van der Waals surface area contributed by atoms with E-state index in [1.54, 1.807) is 11.8 Å². The lowest BCUT2D eigenvalue weighted by Gasteiger charge is -2.21. The van der Waals surface area contributed by atoms with Crippen LogP contribution >= 0.6 is 0 Å². The summed E-state index contributed by atoms with van der Waals surface area (Å²) in [4.78, 5) is 16.9. The van der Waals surface area contributed by atoms with E-state index in [2.05, 4.69) is 15.2 Å². The summed E-state index contributed by atoms with van der Waals surface area (Å²) >= 11 is 0. The minimum absolute atomic E-state index is 0.106. The molecule has 0 bridgehead atoms. The molecule has 2 heterocycles. The number of amides is 1.